The lowest BCUT2D eigenvalue weighted by Crippen LogP contribution is -1.96. The van der Waals surface area contributed by atoms with Crippen molar-refractivity contribution in [2.45, 2.75) is 6.92 Å². The zero-order valence-corrected chi connectivity index (χ0v) is 12.4. The standard InChI is InChI=1S/C15H12BrFN2O/c1-2-20-15-6-5-12(8-14(15)17)19-11-4-3-10(9-18)13(16)7-11/h3-8,19H,2H2,1H3. The lowest BCUT2D eigenvalue weighted by atomic mass is 10.2. The molecule has 0 radical (unpaired) electrons. The maximum atomic E-state index is 13.7. The van der Waals surface area contributed by atoms with Gasteiger partial charge in [-0.2, -0.15) is 5.26 Å². The van der Waals surface area contributed by atoms with Crippen LogP contribution in [0.4, 0.5) is 15.8 Å². The van der Waals surface area contributed by atoms with Crippen molar-refractivity contribution in [2.75, 3.05) is 11.9 Å². The van der Waals surface area contributed by atoms with E-state index in [0.717, 1.165) is 5.69 Å². The van der Waals surface area contributed by atoms with E-state index in [4.69, 9.17) is 10.00 Å². The summed E-state index contributed by atoms with van der Waals surface area (Å²) in [7, 11) is 0. The van der Waals surface area contributed by atoms with Crippen LogP contribution in [-0.2, 0) is 0 Å². The molecule has 102 valence electrons. The van der Waals surface area contributed by atoms with Gasteiger partial charge in [-0.05, 0) is 53.2 Å². The highest BCUT2D eigenvalue weighted by Crippen LogP contribution is 2.26. The van der Waals surface area contributed by atoms with E-state index in [9.17, 15) is 4.39 Å². The fourth-order valence-corrected chi connectivity index (χ4v) is 2.17. The Morgan fingerprint density at radius 2 is 1.95 bits per heavy atom. The summed E-state index contributed by atoms with van der Waals surface area (Å²) in [5.74, 6) is -0.177. The molecule has 2 rings (SSSR count). The number of anilines is 2. The molecule has 0 aliphatic heterocycles. The highest BCUT2D eigenvalue weighted by molar-refractivity contribution is 9.10. The molecule has 0 saturated heterocycles. The van der Waals surface area contributed by atoms with Crippen LogP contribution in [0.25, 0.3) is 0 Å². The second kappa shape index (κ2) is 6.40. The smallest absolute Gasteiger partial charge is 0.167 e. The molecule has 0 aliphatic rings. The zero-order valence-electron chi connectivity index (χ0n) is 10.8. The quantitative estimate of drug-likeness (QED) is 0.888. The van der Waals surface area contributed by atoms with Crippen molar-refractivity contribution in [2.24, 2.45) is 0 Å². The molecule has 0 unspecified atom stereocenters. The van der Waals surface area contributed by atoms with Gasteiger partial charge in [0, 0.05) is 21.9 Å². The summed E-state index contributed by atoms with van der Waals surface area (Å²) >= 11 is 3.31. The summed E-state index contributed by atoms with van der Waals surface area (Å²) in [6.07, 6.45) is 0. The molecule has 0 amide bonds. The Balaban J connectivity index is 2.20. The van der Waals surface area contributed by atoms with E-state index in [1.807, 2.05) is 0 Å². The molecule has 1 N–H and O–H groups in total. The number of hydrogen-bond acceptors (Lipinski definition) is 3. The molecule has 0 aromatic heterocycles. The van der Waals surface area contributed by atoms with E-state index in [1.54, 1.807) is 37.3 Å². The molecular formula is C15H12BrFN2O. The van der Waals surface area contributed by atoms with Gasteiger partial charge in [0.2, 0.25) is 0 Å². The Labute approximate surface area is 125 Å². The van der Waals surface area contributed by atoms with E-state index in [2.05, 4.69) is 27.3 Å². The van der Waals surface area contributed by atoms with Crippen LogP contribution in [0, 0.1) is 17.1 Å². The SMILES string of the molecule is CCOc1ccc(Nc2ccc(C#N)c(Br)c2)cc1F. The molecule has 0 spiro atoms. The van der Waals surface area contributed by atoms with E-state index in [1.165, 1.54) is 6.07 Å². The summed E-state index contributed by atoms with van der Waals surface area (Å²) in [4.78, 5) is 0. The minimum atomic E-state index is -0.412. The fraction of sp³-hybridized carbons (Fsp3) is 0.133. The predicted octanol–water partition coefficient (Wildman–Crippen LogP) is 4.60. The van der Waals surface area contributed by atoms with E-state index in [-0.39, 0.29) is 5.75 Å². The average molecular weight is 335 g/mol. The number of halogens is 2. The second-order valence-electron chi connectivity index (χ2n) is 4.01. The number of nitrogens with one attached hydrogen (secondary N) is 1. The van der Waals surface area contributed by atoms with Crippen LogP contribution in [0.1, 0.15) is 12.5 Å². The molecule has 0 atom stereocenters. The van der Waals surface area contributed by atoms with Gasteiger partial charge in [0.15, 0.2) is 11.6 Å². The fourth-order valence-electron chi connectivity index (χ4n) is 1.70. The molecule has 0 heterocycles. The van der Waals surface area contributed by atoms with E-state index in [0.29, 0.717) is 22.3 Å². The van der Waals surface area contributed by atoms with Gasteiger partial charge >= 0.3 is 0 Å². The molecule has 0 saturated carbocycles. The molecule has 2 aromatic carbocycles. The molecule has 2 aromatic rings. The van der Waals surface area contributed by atoms with Gasteiger partial charge in [-0.15, -0.1) is 0 Å². The summed E-state index contributed by atoms with van der Waals surface area (Å²) < 4.78 is 19.6. The zero-order chi connectivity index (χ0) is 14.5. The summed E-state index contributed by atoms with van der Waals surface area (Å²) in [5.41, 5.74) is 1.93. The first-order chi connectivity index (χ1) is 9.63. The molecule has 5 heteroatoms. The average Bonchev–Trinajstić information content (AvgIpc) is 2.42. The van der Waals surface area contributed by atoms with Gasteiger partial charge in [-0.1, -0.05) is 0 Å². The third kappa shape index (κ3) is 3.28. The summed E-state index contributed by atoms with van der Waals surface area (Å²) in [5, 5.41) is 11.9. The maximum absolute atomic E-state index is 13.7. The molecule has 3 nitrogen and oxygen atoms in total. The molecule has 0 bridgehead atoms. The third-order valence-electron chi connectivity index (χ3n) is 2.61. The Morgan fingerprint density at radius 1 is 1.25 bits per heavy atom. The number of rotatable bonds is 4. The van der Waals surface area contributed by atoms with Crippen LogP contribution in [-0.4, -0.2) is 6.61 Å². The predicted molar refractivity (Wildman–Crippen MR) is 79.7 cm³/mol. The summed E-state index contributed by atoms with van der Waals surface area (Å²) in [6.45, 7) is 2.23. The first-order valence-corrected chi connectivity index (χ1v) is 6.82. The van der Waals surface area contributed by atoms with Crippen LogP contribution >= 0.6 is 15.9 Å². The first kappa shape index (κ1) is 14.4. The van der Waals surface area contributed by atoms with Gasteiger partial charge in [-0.25, -0.2) is 4.39 Å². The highest BCUT2D eigenvalue weighted by Gasteiger charge is 2.05. The monoisotopic (exact) mass is 334 g/mol. The Morgan fingerprint density at radius 3 is 2.55 bits per heavy atom. The molecule has 0 aliphatic carbocycles. The van der Waals surface area contributed by atoms with Crippen LogP contribution < -0.4 is 10.1 Å². The summed E-state index contributed by atoms with van der Waals surface area (Å²) in [6, 6.07) is 12.0. The van der Waals surface area contributed by atoms with Crippen LogP contribution in [0.3, 0.4) is 0 Å². The van der Waals surface area contributed by atoms with Crippen molar-refractivity contribution in [3.8, 4) is 11.8 Å². The van der Waals surface area contributed by atoms with Gasteiger partial charge in [0.1, 0.15) is 6.07 Å². The Hall–Kier alpha value is -2.06. The van der Waals surface area contributed by atoms with E-state index < -0.39 is 5.82 Å². The number of benzene rings is 2. The Kier molecular flexibility index (Phi) is 4.59. The van der Waals surface area contributed by atoms with Crippen LogP contribution in [0.15, 0.2) is 40.9 Å². The lowest BCUT2D eigenvalue weighted by Gasteiger charge is -2.10. The van der Waals surface area contributed by atoms with Crippen molar-refractivity contribution in [1.82, 2.24) is 0 Å². The first-order valence-electron chi connectivity index (χ1n) is 6.03. The number of nitriles is 1. The van der Waals surface area contributed by atoms with Crippen molar-refractivity contribution in [3.63, 3.8) is 0 Å². The van der Waals surface area contributed by atoms with Gasteiger partial charge < -0.3 is 10.1 Å². The van der Waals surface area contributed by atoms with Crippen molar-refractivity contribution in [3.05, 3.63) is 52.3 Å². The number of hydrogen-bond donors (Lipinski definition) is 1. The largest absolute Gasteiger partial charge is 0.491 e. The minimum Gasteiger partial charge on any atom is -0.491 e. The van der Waals surface area contributed by atoms with Crippen molar-refractivity contribution in [1.29, 1.82) is 5.26 Å². The van der Waals surface area contributed by atoms with Gasteiger partial charge in [-0.3, -0.25) is 0 Å². The van der Waals surface area contributed by atoms with Crippen molar-refractivity contribution >= 4 is 27.3 Å². The normalized spacial score (nSPS) is 9.90. The second-order valence-corrected chi connectivity index (χ2v) is 4.86. The molecule has 0 fully saturated rings. The topological polar surface area (TPSA) is 45.0 Å². The van der Waals surface area contributed by atoms with Crippen LogP contribution in [0.5, 0.6) is 5.75 Å². The lowest BCUT2D eigenvalue weighted by molar-refractivity contribution is 0.321. The Bertz CT molecular complexity index is 667. The van der Waals surface area contributed by atoms with E-state index >= 15 is 0 Å². The van der Waals surface area contributed by atoms with Crippen molar-refractivity contribution < 1.29 is 9.13 Å². The number of ether oxygens (including phenoxy) is 1. The third-order valence-corrected chi connectivity index (χ3v) is 3.27. The number of nitrogens with zero attached hydrogens (tertiary/aromatic N) is 1. The molecular weight excluding hydrogens is 323 g/mol. The van der Waals surface area contributed by atoms with Crippen LogP contribution in [0.2, 0.25) is 0 Å². The highest BCUT2D eigenvalue weighted by atomic mass is 79.9. The maximum Gasteiger partial charge on any atom is 0.167 e. The molecule has 20 heavy (non-hydrogen) atoms. The van der Waals surface area contributed by atoms with Gasteiger partial charge in [0.05, 0.1) is 12.2 Å². The van der Waals surface area contributed by atoms with Gasteiger partial charge in [0.25, 0.3) is 0 Å². The minimum absolute atomic E-state index is 0.235.